The predicted octanol–water partition coefficient (Wildman–Crippen LogP) is 1.34. The molecule has 2 N–H and O–H groups in total. The van der Waals surface area contributed by atoms with Crippen LogP contribution in [0.2, 0.25) is 0 Å². The van der Waals surface area contributed by atoms with E-state index in [1.807, 2.05) is 6.07 Å². The highest BCUT2D eigenvalue weighted by Crippen LogP contribution is 2.33. The van der Waals surface area contributed by atoms with Gasteiger partial charge in [0.15, 0.2) is 0 Å². The highest BCUT2D eigenvalue weighted by Gasteiger charge is 2.37. The molecule has 2 aromatic rings. The van der Waals surface area contributed by atoms with E-state index >= 15 is 0 Å². The second-order valence-electron chi connectivity index (χ2n) is 7.24. The Bertz CT molecular complexity index is 983. The molecule has 0 radical (unpaired) electrons. The number of aromatic nitrogens is 2. The largest absolute Gasteiger partial charge is 0.360 e. The molecule has 7 nitrogen and oxygen atoms in total. The number of hydrogen-bond acceptors (Lipinski definition) is 4. The average Bonchev–Trinajstić information content (AvgIpc) is 3.44. The Balaban J connectivity index is 1.64. The summed E-state index contributed by atoms with van der Waals surface area (Å²) >= 11 is 0. The Morgan fingerprint density at radius 1 is 1.22 bits per heavy atom. The predicted molar refractivity (Wildman–Crippen MR) is 104 cm³/mol. The van der Waals surface area contributed by atoms with Crippen molar-refractivity contribution in [1.29, 1.82) is 0 Å². The van der Waals surface area contributed by atoms with Gasteiger partial charge in [0.25, 0.3) is 5.56 Å². The molecule has 140 valence electrons. The van der Waals surface area contributed by atoms with E-state index in [4.69, 9.17) is 0 Å². The number of rotatable bonds is 6. The van der Waals surface area contributed by atoms with Crippen LogP contribution in [0.3, 0.4) is 0 Å². The third-order valence-electron chi connectivity index (χ3n) is 5.24. The second-order valence-corrected chi connectivity index (χ2v) is 7.24. The number of nitrogens with one attached hydrogen (secondary N) is 2. The van der Waals surface area contributed by atoms with Gasteiger partial charge in [-0.3, -0.25) is 14.4 Å². The summed E-state index contributed by atoms with van der Waals surface area (Å²) in [5.74, 6) is 0.514. The molecular weight excluding hydrogens is 344 g/mol. The zero-order chi connectivity index (χ0) is 19.0. The minimum absolute atomic E-state index is 0.0798. The van der Waals surface area contributed by atoms with Gasteiger partial charge in [-0.2, -0.15) is 0 Å². The second kappa shape index (κ2) is 6.90. The van der Waals surface area contributed by atoms with Gasteiger partial charge in [0.1, 0.15) is 5.69 Å². The maximum Gasteiger partial charge on any atom is 0.271 e. The normalized spacial score (nSPS) is 16.7. The Morgan fingerprint density at radius 2 is 2.00 bits per heavy atom. The summed E-state index contributed by atoms with van der Waals surface area (Å²) in [5, 5.41) is 0. The lowest BCUT2D eigenvalue weighted by Crippen LogP contribution is -2.62. The minimum Gasteiger partial charge on any atom is -0.360 e. The summed E-state index contributed by atoms with van der Waals surface area (Å²) in [7, 11) is 0. The van der Waals surface area contributed by atoms with Crippen molar-refractivity contribution in [2.75, 3.05) is 24.5 Å². The minimum atomic E-state index is -0.187. The number of amides is 1. The summed E-state index contributed by atoms with van der Waals surface area (Å²) in [6.07, 6.45) is 6.88. The molecule has 4 rings (SSSR count). The lowest BCUT2D eigenvalue weighted by Gasteiger charge is -2.46. The molecule has 0 spiro atoms. The molecule has 2 aliphatic rings. The van der Waals surface area contributed by atoms with Crippen LogP contribution >= 0.6 is 0 Å². The van der Waals surface area contributed by atoms with Gasteiger partial charge in [-0.1, -0.05) is 6.58 Å². The van der Waals surface area contributed by atoms with Gasteiger partial charge in [-0.15, -0.1) is 0 Å². The fourth-order valence-corrected chi connectivity index (χ4v) is 3.46. The van der Waals surface area contributed by atoms with Gasteiger partial charge in [-0.25, -0.2) is 0 Å². The number of aromatic amines is 2. The Labute approximate surface area is 156 Å². The van der Waals surface area contributed by atoms with Gasteiger partial charge in [0.2, 0.25) is 11.5 Å². The first-order valence-electron chi connectivity index (χ1n) is 9.15. The average molecular weight is 366 g/mol. The molecular formula is C20H22N4O3. The SMILES string of the molecule is C=CC(=O)N1CC(N(CC2CC2)c2cc(-c3cc[nH]c(=O)c3)c[nH]c2=O)C1. The fourth-order valence-electron chi connectivity index (χ4n) is 3.46. The first-order valence-corrected chi connectivity index (χ1v) is 9.15. The van der Waals surface area contributed by atoms with E-state index in [-0.39, 0.29) is 23.1 Å². The first-order chi connectivity index (χ1) is 13.0. The molecule has 1 saturated heterocycles. The molecule has 1 aliphatic carbocycles. The van der Waals surface area contributed by atoms with Crippen LogP contribution in [0.25, 0.3) is 11.1 Å². The number of carbonyl (C=O) groups is 1. The van der Waals surface area contributed by atoms with Gasteiger partial charge in [-0.05, 0) is 42.5 Å². The third-order valence-corrected chi connectivity index (χ3v) is 5.24. The van der Waals surface area contributed by atoms with E-state index in [9.17, 15) is 14.4 Å². The molecule has 0 atom stereocenters. The summed E-state index contributed by atoms with van der Waals surface area (Å²) in [5.41, 5.74) is 1.79. The number of carbonyl (C=O) groups excluding carboxylic acids is 1. The number of pyridine rings is 2. The van der Waals surface area contributed by atoms with E-state index in [1.165, 1.54) is 25.0 Å². The molecule has 2 aromatic heterocycles. The molecule has 1 aliphatic heterocycles. The fraction of sp³-hybridized carbons (Fsp3) is 0.350. The van der Waals surface area contributed by atoms with E-state index in [0.29, 0.717) is 24.7 Å². The van der Waals surface area contributed by atoms with Crippen LogP contribution in [0.4, 0.5) is 5.69 Å². The number of likely N-dealkylation sites (tertiary alicyclic amines) is 1. The number of hydrogen-bond donors (Lipinski definition) is 2. The van der Waals surface area contributed by atoms with E-state index in [0.717, 1.165) is 17.7 Å². The van der Waals surface area contributed by atoms with Crippen LogP contribution in [-0.4, -0.2) is 46.5 Å². The van der Waals surface area contributed by atoms with E-state index in [2.05, 4.69) is 21.4 Å². The van der Waals surface area contributed by atoms with Crippen LogP contribution in [0.5, 0.6) is 0 Å². The van der Waals surface area contributed by atoms with Crippen LogP contribution in [0, 0.1) is 5.92 Å². The van der Waals surface area contributed by atoms with Crippen molar-refractivity contribution in [3.05, 3.63) is 64.0 Å². The molecule has 2 fully saturated rings. The highest BCUT2D eigenvalue weighted by molar-refractivity contribution is 5.88. The molecule has 0 aromatic carbocycles. The number of H-pyrrole nitrogens is 2. The number of nitrogens with zero attached hydrogens (tertiary/aromatic N) is 2. The van der Waals surface area contributed by atoms with Crippen molar-refractivity contribution < 1.29 is 4.79 Å². The summed E-state index contributed by atoms with van der Waals surface area (Å²) < 4.78 is 0. The van der Waals surface area contributed by atoms with Crippen molar-refractivity contribution in [2.45, 2.75) is 18.9 Å². The van der Waals surface area contributed by atoms with Crippen molar-refractivity contribution >= 4 is 11.6 Å². The third kappa shape index (κ3) is 3.58. The smallest absolute Gasteiger partial charge is 0.271 e. The molecule has 1 saturated carbocycles. The van der Waals surface area contributed by atoms with Crippen LogP contribution in [-0.2, 0) is 4.79 Å². The molecule has 27 heavy (non-hydrogen) atoms. The maximum atomic E-state index is 12.6. The van der Waals surface area contributed by atoms with Crippen LogP contribution in [0.1, 0.15) is 12.8 Å². The Hall–Kier alpha value is -3.09. The maximum absolute atomic E-state index is 12.6. The molecule has 0 bridgehead atoms. The summed E-state index contributed by atoms with van der Waals surface area (Å²) in [4.78, 5) is 45.2. The molecule has 1 amide bonds. The highest BCUT2D eigenvalue weighted by atomic mass is 16.2. The van der Waals surface area contributed by atoms with E-state index < -0.39 is 0 Å². The lowest BCUT2D eigenvalue weighted by atomic mass is 10.0. The van der Waals surface area contributed by atoms with Gasteiger partial charge >= 0.3 is 0 Å². The quantitative estimate of drug-likeness (QED) is 0.755. The van der Waals surface area contributed by atoms with Crippen molar-refractivity contribution in [2.24, 2.45) is 5.92 Å². The van der Waals surface area contributed by atoms with Crippen molar-refractivity contribution in [1.82, 2.24) is 14.9 Å². The number of anilines is 1. The molecule has 7 heteroatoms. The van der Waals surface area contributed by atoms with Crippen molar-refractivity contribution in [3.63, 3.8) is 0 Å². The molecule has 3 heterocycles. The van der Waals surface area contributed by atoms with Crippen molar-refractivity contribution in [3.8, 4) is 11.1 Å². The zero-order valence-electron chi connectivity index (χ0n) is 15.0. The summed E-state index contributed by atoms with van der Waals surface area (Å²) in [6, 6.07) is 5.27. The lowest BCUT2D eigenvalue weighted by molar-refractivity contribution is -0.130. The van der Waals surface area contributed by atoms with E-state index in [1.54, 1.807) is 23.4 Å². The van der Waals surface area contributed by atoms with Gasteiger partial charge in [0.05, 0.1) is 6.04 Å². The molecule has 0 unspecified atom stereocenters. The standard InChI is InChI=1S/C20H22N4O3/c1-2-19(26)23-11-16(12-23)24(10-13-3-4-13)17-7-15(9-22-20(17)27)14-5-6-21-18(25)8-14/h2,5-9,13,16H,1,3-4,10-12H2,(H,21,25)(H,22,27). The van der Waals surface area contributed by atoms with Crippen LogP contribution in [0.15, 0.2) is 52.8 Å². The monoisotopic (exact) mass is 366 g/mol. The Kier molecular flexibility index (Phi) is 4.43. The Morgan fingerprint density at radius 3 is 2.67 bits per heavy atom. The van der Waals surface area contributed by atoms with Gasteiger partial charge in [0, 0.05) is 43.7 Å². The van der Waals surface area contributed by atoms with Gasteiger partial charge < -0.3 is 19.8 Å². The zero-order valence-corrected chi connectivity index (χ0v) is 15.0. The topological polar surface area (TPSA) is 89.3 Å². The van der Waals surface area contributed by atoms with Crippen LogP contribution < -0.4 is 16.0 Å². The first kappa shape index (κ1) is 17.3. The summed E-state index contributed by atoms with van der Waals surface area (Å²) in [6.45, 7) is 5.52.